The molecule has 0 spiro atoms. The molecule has 3 rings (SSSR count). The Bertz CT molecular complexity index is 843. The molecule has 2 aromatic carbocycles. The average molecular weight is 338 g/mol. The van der Waals surface area contributed by atoms with E-state index in [0.717, 1.165) is 11.1 Å². The van der Waals surface area contributed by atoms with Crippen LogP contribution in [0.15, 0.2) is 42.5 Å². The number of phenols is 1. The molecule has 2 aromatic rings. The van der Waals surface area contributed by atoms with Gasteiger partial charge < -0.3 is 10.4 Å². The highest BCUT2D eigenvalue weighted by Gasteiger charge is 2.30. The monoisotopic (exact) mass is 338 g/mol. The largest absolute Gasteiger partial charge is 0.508 e. The molecule has 128 valence electrons. The first-order chi connectivity index (χ1) is 11.9. The van der Waals surface area contributed by atoms with Gasteiger partial charge in [0.2, 0.25) is 11.8 Å². The molecule has 1 aliphatic rings. The van der Waals surface area contributed by atoms with Gasteiger partial charge in [-0.25, -0.2) is 0 Å². The van der Waals surface area contributed by atoms with Crippen molar-refractivity contribution in [2.75, 3.05) is 5.32 Å². The Morgan fingerprint density at radius 2 is 1.92 bits per heavy atom. The fraction of sp³-hybridized carbons (Fsp3) is 0.211. The first kappa shape index (κ1) is 16.7. The average Bonchev–Trinajstić information content (AvgIpc) is 2.89. The zero-order chi connectivity index (χ0) is 18.0. The van der Waals surface area contributed by atoms with Crippen molar-refractivity contribution < 1.29 is 19.5 Å². The van der Waals surface area contributed by atoms with Crippen molar-refractivity contribution in [1.82, 2.24) is 5.32 Å². The van der Waals surface area contributed by atoms with Gasteiger partial charge >= 0.3 is 0 Å². The maximum Gasteiger partial charge on any atom is 0.255 e. The summed E-state index contributed by atoms with van der Waals surface area (Å²) < 4.78 is 0. The smallest absolute Gasteiger partial charge is 0.255 e. The van der Waals surface area contributed by atoms with Crippen LogP contribution in [0.1, 0.15) is 27.9 Å². The number of hydrogen-bond donors (Lipinski definition) is 3. The third-order valence-corrected chi connectivity index (χ3v) is 4.23. The number of amides is 3. The van der Waals surface area contributed by atoms with Crippen LogP contribution in [0.5, 0.6) is 5.75 Å². The number of aryl methyl sites for hydroxylation is 1. The lowest BCUT2D eigenvalue weighted by Crippen LogP contribution is -2.22. The van der Waals surface area contributed by atoms with Gasteiger partial charge in [-0.1, -0.05) is 18.2 Å². The lowest BCUT2D eigenvalue weighted by Gasteiger charge is -2.09. The van der Waals surface area contributed by atoms with Gasteiger partial charge in [-0.05, 0) is 42.7 Å². The van der Waals surface area contributed by atoms with Gasteiger partial charge in [0.1, 0.15) is 5.75 Å². The number of carbonyl (C=O) groups is 3. The number of benzene rings is 2. The van der Waals surface area contributed by atoms with E-state index in [-0.39, 0.29) is 35.8 Å². The van der Waals surface area contributed by atoms with Crippen molar-refractivity contribution in [3.63, 3.8) is 0 Å². The maximum absolute atomic E-state index is 12.3. The number of hydrogen-bond acceptors (Lipinski definition) is 4. The summed E-state index contributed by atoms with van der Waals surface area (Å²) in [7, 11) is 0. The van der Waals surface area contributed by atoms with Gasteiger partial charge in [-0.15, -0.1) is 0 Å². The zero-order valence-corrected chi connectivity index (χ0v) is 13.7. The first-order valence-electron chi connectivity index (χ1n) is 7.96. The molecule has 1 saturated heterocycles. The van der Waals surface area contributed by atoms with Gasteiger partial charge in [0.15, 0.2) is 0 Å². The summed E-state index contributed by atoms with van der Waals surface area (Å²) in [6.45, 7) is 1.78. The molecule has 0 radical (unpaired) electrons. The SMILES string of the molecule is Cc1ccc(NC(=O)c2ccc(C[C@@H]3CC(=O)NC3=O)cc2)cc1O. The normalized spacial score (nSPS) is 16.6. The molecule has 1 atom stereocenters. The molecule has 1 aliphatic heterocycles. The van der Waals surface area contributed by atoms with Crippen LogP contribution in [-0.4, -0.2) is 22.8 Å². The third kappa shape index (κ3) is 3.85. The topological polar surface area (TPSA) is 95.5 Å². The van der Waals surface area contributed by atoms with Crippen LogP contribution < -0.4 is 10.6 Å². The predicted octanol–water partition coefficient (Wildman–Crippen LogP) is 2.16. The number of phenolic OH excluding ortho intramolecular Hbond substituents is 1. The van der Waals surface area contributed by atoms with E-state index in [2.05, 4.69) is 10.6 Å². The molecule has 6 nitrogen and oxygen atoms in total. The molecule has 0 saturated carbocycles. The van der Waals surface area contributed by atoms with Crippen LogP contribution in [0.2, 0.25) is 0 Å². The summed E-state index contributed by atoms with van der Waals surface area (Å²) in [5.74, 6) is -0.998. The van der Waals surface area contributed by atoms with Gasteiger partial charge in [0.05, 0.1) is 5.92 Å². The second-order valence-electron chi connectivity index (χ2n) is 6.17. The van der Waals surface area contributed by atoms with E-state index in [0.29, 0.717) is 17.7 Å². The number of carbonyl (C=O) groups excluding carboxylic acids is 3. The van der Waals surface area contributed by atoms with Crippen molar-refractivity contribution in [1.29, 1.82) is 0 Å². The fourth-order valence-corrected chi connectivity index (χ4v) is 2.74. The van der Waals surface area contributed by atoms with Crippen molar-refractivity contribution in [2.24, 2.45) is 5.92 Å². The molecule has 3 N–H and O–H groups in total. The van der Waals surface area contributed by atoms with E-state index in [4.69, 9.17) is 0 Å². The highest BCUT2D eigenvalue weighted by Crippen LogP contribution is 2.22. The zero-order valence-electron chi connectivity index (χ0n) is 13.7. The Kier molecular flexibility index (Phi) is 4.52. The standard InChI is InChI=1S/C19H18N2O4/c1-11-2-7-15(10-16(11)22)20-18(24)13-5-3-12(4-6-13)8-14-9-17(23)21-19(14)25/h2-7,10,14,22H,8-9H2,1H3,(H,20,24)(H,21,23,25)/t14-/m1/s1. The third-order valence-electron chi connectivity index (χ3n) is 4.23. The van der Waals surface area contributed by atoms with E-state index < -0.39 is 0 Å². The van der Waals surface area contributed by atoms with Crippen LogP contribution in [0, 0.1) is 12.8 Å². The van der Waals surface area contributed by atoms with Gasteiger partial charge in [-0.3, -0.25) is 19.7 Å². The molecule has 3 amide bonds. The summed E-state index contributed by atoms with van der Waals surface area (Å²) in [6.07, 6.45) is 0.670. The molecule has 25 heavy (non-hydrogen) atoms. The fourth-order valence-electron chi connectivity index (χ4n) is 2.74. The van der Waals surface area contributed by atoms with Crippen LogP contribution in [-0.2, 0) is 16.0 Å². The van der Waals surface area contributed by atoms with Gasteiger partial charge in [-0.2, -0.15) is 0 Å². The molecule has 1 fully saturated rings. The Balaban J connectivity index is 1.65. The quantitative estimate of drug-likeness (QED) is 0.745. The van der Waals surface area contributed by atoms with E-state index in [1.54, 1.807) is 43.3 Å². The van der Waals surface area contributed by atoms with E-state index in [9.17, 15) is 19.5 Å². The van der Waals surface area contributed by atoms with Crippen molar-refractivity contribution in [2.45, 2.75) is 19.8 Å². The molecule has 0 aromatic heterocycles. The van der Waals surface area contributed by atoms with Crippen LogP contribution in [0.4, 0.5) is 5.69 Å². The first-order valence-corrected chi connectivity index (χ1v) is 7.96. The number of rotatable bonds is 4. The van der Waals surface area contributed by atoms with Gasteiger partial charge in [0, 0.05) is 23.7 Å². The number of imide groups is 1. The van der Waals surface area contributed by atoms with Crippen LogP contribution >= 0.6 is 0 Å². The molecule has 0 aliphatic carbocycles. The summed E-state index contributed by atoms with van der Waals surface area (Å²) in [5, 5.41) is 14.7. The second kappa shape index (κ2) is 6.76. The highest BCUT2D eigenvalue weighted by atomic mass is 16.3. The van der Waals surface area contributed by atoms with Crippen LogP contribution in [0.25, 0.3) is 0 Å². The van der Waals surface area contributed by atoms with E-state index in [1.165, 1.54) is 6.07 Å². The summed E-state index contributed by atoms with van der Waals surface area (Å²) in [4.78, 5) is 35.1. The minimum absolute atomic E-state index is 0.123. The van der Waals surface area contributed by atoms with Crippen molar-refractivity contribution >= 4 is 23.4 Å². The molecule has 0 unspecified atom stereocenters. The van der Waals surface area contributed by atoms with Gasteiger partial charge in [0.25, 0.3) is 5.91 Å². The maximum atomic E-state index is 12.3. The van der Waals surface area contributed by atoms with E-state index >= 15 is 0 Å². The van der Waals surface area contributed by atoms with Crippen LogP contribution in [0.3, 0.4) is 0 Å². The van der Waals surface area contributed by atoms with E-state index in [1.807, 2.05) is 0 Å². The second-order valence-corrected chi connectivity index (χ2v) is 6.17. The molecule has 0 bridgehead atoms. The Labute approximate surface area is 144 Å². The molecule has 6 heteroatoms. The highest BCUT2D eigenvalue weighted by molar-refractivity contribution is 6.04. The summed E-state index contributed by atoms with van der Waals surface area (Å²) >= 11 is 0. The minimum atomic E-state index is -0.345. The Morgan fingerprint density at radius 1 is 1.20 bits per heavy atom. The number of aromatic hydroxyl groups is 1. The van der Waals surface area contributed by atoms with Crippen molar-refractivity contribution in [3.05, 3.63) is 59.2 Å². The summed E-state index contributed by atoms with van der Waals surface area (Å²) in [5.41, 5.74) is 2.60. The number of nitrogens with one attached hydrogen (secondary N) is 2. The lowest BCUT2D eigenvalue weighted by atomic mass is 9.97. The van der Waals surface area contributed by atoms with Crippen molar-refractivity contribution in [3.8, 4) is 5.75 Å². The Hall–Kier alpha value is -3.15. The minimum Gasteiger partial charge on any atom is -0.508 e. The molecular weight excluding hydrogens is 320 g/mol. The Morgan fingerprint density at radius 3 is 2.52 bits per heavy atom. The number of anilines is 1. The summed E-state index contributed by atoms with van der Waals surface area (Å²) in [6, 6.07) is 11.8. The lowest BCUT2D eigenvalue weighted by molar-refractivity contribution is -0.125. The molecular formula is C19H18N2O4. The molecule has 1 heterocycles. The predicted molar refractivity (Wildman–Crippen MR) is 92.2 cm³/mol.